The lowest BCUT2D eigenvalue weighted by atomic mass is 10.2. The Balaban J connectivity index is 2.67. The molecule has 0 radical (unpaired) electrons. The molecule has 0 unspecified atom stereocenters. The summed E-state index contributed by atoms with van der Waals surface area (Å²) in [5.41, 5.74) is 14.9. The maximum absolute atomic E-state index is 8.03. The van der Waals surface area contributed by atoms with Crippen LogP contribution in [0.25, 0.3) is 10.4 Å². The zero-order valence-corrected chi connectivity index (χ0v) is 8.30. The number of hydrogen-bond acceptors (Lipinski definition) is 4. The topological polar surface area (TPSA) is 101 Å². The van der Waals surface area contributed by atoms with Gasteiger partial charge in [0.05, 0.1) is 11.3 Å². The molecule has 0 aliphatic heterocycles. The Kier molecular flexibility index (Phi) is 3.95. The summed E-state index contributed by atoms with van der Waals surface area (Å²) in [6.07, 6.45) is 2.10. The largest absolute Gasteiger partial charge is 0.368 e. The molecule has 0 aliphatic carbocycles. The van der Waals surface area contributed by atoms with Crippen molar-refractivity contribution < 1.29 is 0 Å². The molecule has 0 aliphatic rings. The van der Waals surface area contributed by atoms with Gasteiger partial charge in [-0.1, -0.05) is 17.0 Å². The molecular weight excluding hydrogens is 192 g/mol. The zero-order chi connectivity index (χ0) is 11.1. The fourth-order valence-electron chi connectivity index (χ4n) is 0.916. The first kappa shape index (κ1) is 10.8. The number of aromatic nitrogens is 2. The maximum Gasteiger partial charge on any atom is 0.220 e. The fourth-order valence-corrected chi connectivity index (χ4v) is 0.916. The van der Waals surface area contributed by atoms with Crippen LogP contribution in [0.3, 0.4) is 0 Å². The molecule has 0 aromatic carbocycles. The first-order valence-electron chi connectivity index (χ1n) is 4.33. The normalized spacial score (nSPS) is 8.60. The van der Waals surface area contributed by atoms with Crippen LogP contribution in [0, 0.1) is 18.8 Å². The Morgan fingerprint density at radius 3 is 3.13 bits per heavy atom. The minimum absolute atomic E-state index is 0.243. The van der Waals surface area contributed by atoms with Crippen LogP contribution < -0.4 is 5.73 Å². The summed E-state index contributed by atoms with van der Waals surface area (Å²) >= 11 is 0. The maximum atomic E-state index is 8.03. The summed E-state index contributed by atoms with van der Waals surface area (Å²) in [5.74, 6) is 5.99. The molecular formula is C9H10N6. The number of azide groups is 1. The van der Waals surface area contributed by atoms with Crippen molar-refractivity contribution in [1.29, 1.82) is 0 Å². The van der Waals surface area contributed by atoms with Gasteiger partial charge in [-0.05, 0) is 12.5 Å². The summed E-state index contributed by atoms with van der Waals surface area (Å²) < 4.78 is 0. The van der Waals surface area contributed by atoms with Gasteiger partial charge in [0.25, 0.3) is 0 Å². The van der Waals surface area contributed by atoms with Crippen LogP contribution in [0.4, 0.5) is 5.95 Å². The van der Waals surface area contributed by atoms with Gasteiger partial charge in [0.1, 0.15) is 0 Å². The second-order valence-electron chi connectivity index (χ2n) is 2.73. The average molecular weight is 202 g/mol. The lowest BCUT2D eigenvalue weighted by Crippen LogP contribution is -1.98. The smallest absolute Gasteiger partial charge is 0.220 e. The van der Waals surface area contributed by atoms with Crippen LogP contribution in [-0.4, -0.2) is 16.5 Å². The summed E-state index contributed by atoms with van der Waals surface area (Å²) in [7, 11) is 0. The predicted octanol–water partition coefficient (Wildman–Crippen LogP) is 1.42. The van der Waals surface area contributed by atoms with E-state index in [1.165, 1.54) is 0 Å². The van der Waals surface area contributed by atoms with E-state index in [1.807, 2.05) is 6.92 Å². The minimum Gasteiger partial charge on any atom is -0.368 e. The van der Waals surface area contributed by atoms with Gasteiger partial charge in [0.2, 0.25) is 5.95 Å². The van der Waals surface area contributed by atoms with Gasteiger partial charge in [0, 0.05) is 24.1 Å². The van der Waals surface area contributed by atoms with E-state index >= 15 is 0 Å². The Morgan fingerprint density at radius 2 is 2.47 bits per heavy atom. The zero-order valence-electron chi connectivity index (χ0n) is 8.30. The van der Waals surface area contributed by atoms with Gasteiger partial charge in [-0.3, -0.25) is 0 Å². The first-order chi connectivity index (χ1) is 7.24. The molecule has 0 spiro atoms. The first-order valence-corrected chi connectivity index (χ1v) is 4.33. The minimum atomic E-state index is 0.243. The number of rotatable bonds is 2. The number of nitrogens with two attached hydrogens (primary N) is 1. The van der Waals surface area contributed by atoms with Crippen molar-refractivity contribution in [2.24, 2.45) is 5.11 Å². The quantitative estimate of drug-likeness (QED) is 0.258. The third-order valence-electron chi connectivity index (χ3n) is 1.62. The Hall–Kier alpha value is -2.25. The average Bonchev–Trinajstić information content (AvgIpc) is 2.20. The fraction of sp³-hybridized carbons (Fsp3) is 0.333. The van der Waals surface area contributed by atoms with Crippen molar-refractivity contribution in [2.75, 3.05) is 12.3 Å². The highest BCUT2D eigenvalue weighted by atomic mass is 15.1. The number of nitrogen functional groups attached to an aromatic ring is 1. The highest BCUT2D eigenvalue weighted by molar-refractivity contribution is 5.37. The third kappa shape index (κ3) is 3.55. The molecule has 0 saturated carbocycles. The van der Waals surface area contributed by atoms with E-state index < -0.39 is 0 Å². The Labute approximate surface area is 87.2 Å². The monoisotopic (exact) mass is 202 g/mol. The van der Waals surface area contributed by atoms with Gasteiger partial charge in [0.15, 0.2) is 0 Å². The van der Waals surface area contributed by atoms with Crippen LogP contribution in [0.5, 0.6) is 0 Å². The molecule has 0 amide bonds. The Bertz CT molecular complexity index is 449. The van der Waals surface area contributed by atoms with Gasteiger partial charge < -0.3 is 5.73 Å². The SMILES string of the molecule is Cc1nc(N)ncc1C#CCCN=[N+]=[N-]. The molecule has 1 aromatic heterocycles. The predicted molar refractivity (Wildman–Crippen MR) is 56.7 cm³/mol. The molecule has 76 valence electrons. The highest BCUT2D eigenvalue weighted by Gasteiger charge is 1.96. The lowest BCUT2D eigenvalue weighted by molar-refractivity contribution is 1.01. The molecule has 2 N–H and O–H groups in total. The van der Waals surface area contributed by atoms with Gasteiger partial charge in [-0.2, -0.15) is 0 Å². The van der Waals surface area contributed by atoms with Gasteiger partial charge >= 0.3 is 0 Å². The van der Waals surface area contributed by atoms with E-state index in [9.17, 15) is 0 Å². The van der Waals surface area contributed by atoms with Crippen LogP contribution in [0.15, 0.2) is 11.3 Å². The van der Waals surface area contributed by atoms with Crippen molar-refractivity contribution in [1.82, 2.24) is 9.97 Å². The summed E-state index contributed by atoms with van der Waals surface area (Å²) in [5, 5.41) is 3.37. The third-order valence-corrected chi connectivity index (χ3v) is 1.62. The molecule has 0 bridgehead atoms. The van der Waals surface area contributed by atoms with Crippen molar-refractivity contribution in [3.63, 3.8) is 0 Å². The molecule has 6 nitrogen and oxygen atoms in total. The van der Waals surface area contributed by atoms with Crippen molar-refractivity contribution in [3.8, 4) is 11.8 Å². The molecule has 0 atom stereocenters. The summed E-state index contributed by atoms with van der Waals surface area (Å²) in [4.78, 5) is 10.4. The van der Waals surface area contributed by atoms with E-state index in [4.69, 9.17) is 11.3 Å². The van der Waals surface area contributed by atoms with Crippen molar-refractivity contribution >= 4 is 5.95 Å². The summed E-state index contributed by atoms with van der Waals surface area (Å²) in [6.45, 7) is 2.19. The molecule has 0 saturated heterocycles. The van der Waals surface area contributed by atoms with Crippen LogP contribution in [-0.2, 0) is 0 Å². The van der Waals surface area contributed by atoms with E-state index in [-0.39, 0.29) is 5.95 Å². The molecule has 1 aromatic rings. The standard InChI is InChI=1S/C9H10N6/c1-7-8(6-12-9(10)14-7)4-2-3-5-13-15-11/h6H,3,5H2,1H3,(H2,10,12,14). The van der Waals surface area contributed by atoms with Gasteiger partial charge in [-0.15, -0.1) is 0 Å². The molecule has 15 heavy (non-hydrogen) atoms. The Morgan fingerprint density at radius 1 is 1.67 bits per heavy atom. The van der Waals surface area contributed by atoms with E-state index in [1.54, 1.807) is 6.20 Å². The lowest BCUT2D eigenvalue weighted by Gasteiger charge is -1.96. The van der Waals surface area contributed by atoms with Gasteiger partial charge in [-0.25, -0.2) is 9.97 Å². The molecule has 1 heterocycles. The van der Waals surface area contributed by atoms with E-state index in [0.29, 0.717) is 13.0 Å². The van der Waals surface area contributed by atoms with Crippen LogP contribution in [0.1, 0.15) is 17.7 Å². The summed E-state index contributed by atoms with van der Waals surface area (Å²) in [6, 6.07) is 0. The number of anilines is 1. The number of hydrogen-bond donors (Lipinski definition) is 1. The molecule has 0 fully saturated rings. The van der Waals surface area contributed by atoms with E-state index in [2.05, 4.69) is 31.8 Å². The molecule has 6 heteroatoms. The highest BCUT2D eigenvalue weighted by Crippen LogP contribution is 2.02. The van der Waals surface area contributed by atoms with Crippen molar-refractivity contribution in [3.05, 3.63) is 27.9 Å². The van der Waals surface area contributed by atoms with Crippen LogP contribution in [0.2, 0.25) is 0 Å². The van der Waals surface area contributed by atoms with E-state index in [0.717, 1.165) is 11.3 Å². The number of aryl methyl sites for hydroxylation is 1. The van der Waals surface area contributed by atoms with Crippen molar-refractivity contribution in [2.45, 2.75) is 13.3 Å². The second-order valence-corrected chi connectivity index (χ2v) is 2.73. The van der Waals surface area contributed by atoms with Crippen LogP contribution >= 0.6 is 0 Å². The molecule has 1 rings (SSSR count). The second kappa shape index (κ2) is 5.47. The number of nitrogens with zero attached hydrogens (tertiary/aromatic N) is 5.